The summed E-state index contributed by atoms with van der Waals surface area (Å²) in [6, 6.07) is 32.1. The SMILES string of the molecule is CC(Br)C(=O)c1ccccc1Cl.CC(C)(C)OC(=O)N[C@@H]1c2ccccc2CC12CCN(c1nnc(N)s1)CC2.CF.Cc1c(-c2ccccc2Cl)nc2sc(N3CCC4(CC3)Cc3ccccc3[C@H]4N)nn12. The number of hydrogen-bond acceptors (Lipinski definition) is 13. The van der Waals surface area contributed by atoms with Crippen LogP contribution in [0.25, 0.3) is 16.2 Å². The molecule has 1 unspecified atom stereocenters. The van der Waals surface area contributed by atoms with Crippen LogP contribution >= 0.6 is 61.8 Å². The van der Waals surface area contributed by atoms with E-state index in [0.717, 1.165) is 96.9 Å². The predicted octanol–water partition coefficient (Wildman–Crippen LogP) is 12.7. The molecule has 73 heavy (non-hydrogen) atoms. The van der Waals surface area contributed by atoms with E-state index in [1.54, 1.807) is 42.5 Å². The molecule has 2 aliphatic heterocycles. The van der Waals surface area contributed by atoms with E-state index in [2.05, 4.69) is 90.6 Å². The van der Waals surface area contributed by atoms with Gasteiger partial charge >= 0.3 is 6.09 Å². The summed E-state index contributed by atoms with van der Waals surface area (Å²) < 4.78 is 17.0. The molecule has 5 heterocycles. The van der Waals surface area contributed by atoms with E-state index in [1.165, 1.54) is 33.6 Å². The van der Waals surface area contributed by atoms with Crippen molar-refractivity contribution in [3.8, 4) is 11.3 Å². The van der Waals surface area contributed by atoms with Crippen LogP contribution in [0.2, 0.25) is 10.0 Å². The predicted molar refractivity (Wildman–Crippen MR) is 299 cm³/mol. The fourth-order valence-corrected chi connectivity index (χ4v) is 13.0. The molecule has 386 valence electrons. The van der Waals surface area contributed by atoms with Gasteiger partial charge in [-0.1, -0.05) is 141 Å². The van der Waals surface area contributed by atoms with Gasteiger partial charge in [0.15, 0.2) is 5.78 Å². The highest BCUT2D eigenvalue weighted by atomic mass is 79.9. The average Bonchev–Trinajstić information content (AvgIpc) is 4.19. The molecule has 2 aliphatic carbocycles. The van der Waals surface area contributed by atoms with Crippen LogP contribution in [0, 0.1) is 17.8 Å². The van der Waals surface area contributed by atoms with Crippen molar-refractivity contribution in [2.24, 2.45) is 16.6 Å². The second-order valence-corrected chi connectivity index (χ2v) is 24.1. The smallest absolute Gasteiger partial charge is 0.408 e. The molecule has 5 N–H and O–H groups in total. The van der Waals surface area contributed by atoms with Crippen molar-refractivity contribution in [3.63, 3.8) is 0 Å². The summed E-state index contributed by atoms with van der Waals surface area (Å²) in [4.78, 5) is 34.2. The van der Waals surface area contributed by atoms with Crippen LogP contribution in [0.15, 0.2) is 97.1 Å². The topological polar surface area (TPSA) is 170 Å². The maximum atomic E-state index is 12.6. The largest absolute Gasteiger partial charge is 0.444 e. The number of nitrogens with two attached hydrogens (primary N) is 2. The number of hydrogen-bond donors (Lipinski definition) is 3. The molecule has 1 amide bonds. The molecule has 19 heteroatoms. The molecular formula is C54H62BrCl2FN10O3S2. The van der Waals surface area contributed by atoms with Gasteiger partial charge in [0.2, 0.25) is 20.4 Å². The molecule has 4 aliphatic rings. The number of alkyl carbamates (subject to hydrolysis) is 1. The monoisotopic (exact) mass is 1130 g/mol. The Morgan fingerprint density at radius 3 is 1.92 bits per heavy atom. The first kappa shape index (κ1) is 54.1. The number of ketones is 1. The first-order valence-electron chi connectivity index (χ1n) is 24.4. The number of piperidine rings is 2. The van der Waals surface area contributed by atoms with Crippen molar-refractivity contribution in [1.82, 2.24) is 30.1 Å². The lowest BCUT2D eigenvalue weighted by atomic mass is 9.73. The number of fused-ring (bicyclic) bond motifs is 3. The van der Waals surface area contributed by atoms with Gasteiger partial charge in [-0.15, -0.1) is 15.3 Å². The van der Waals surface area contributed by atoms with E-state index < -0.39 is 5.60 Å². The Labute approximate surface area is 453 Å². The number of rotatable bonds is 6. The van der Waals surface area contributed by atoms with Crippen LogP contribution in [0.3, 0.4) is 0 Å². The van der Waals surface area contributed by atoms with Crippen LogP contribution in [0.4, 0.5) is 24.6 Å². The molecule has 4 aromatic carbocycles. The fourth-order valence-electron chi connectivity index (χ4n) is 10.6. The van der Waals surface area contributed by atoms with Crippen molar-refractivity contribution in [2.75, 3.05) is 48.9 Å². The molecule has 2 saturated heterocycles. The maximum Gasteiger partial charge on any atom is 0.408 e. The number of imidazole rings is 1. The highest BCUT2D eigenvalue weighted by molar-refractivity contribution is 9.10. The zero-order valence-corrected chi connectivity index (χ0v) is 46.6. The minimum absolute atomic E-state index is 0.00662. The van der Waals surface area contributed by atoms with E-state index >= 15 is 0 Å². The quantitative estimate of drug-likeness (QED) is 0.107. The molecule has 2 spiro atoms. The van der Waals surface area contributed by atoms with Crippen LogP contribution in [0.5, 0.6) is 0 Å². The first-order valence-corrected chi connectivity index (χ1v) is 27.7. The standard InChI is InChI=1S/C24H24ClN5S.C20H27N5O2S.C9H8BrClO.CH3F/c1-15-20(18-8-4-5-9-19(18)25)27-22-30(15)28-23(31-22)29-12-10-24(11-13-29)14-16-6-2-3-7-17(16)21(24)26;1-19(2,3)27-18(26)22-15-14-7-5-4-6-13(14)12-20(15)8-10-25(11-9-20)17-24-23-16(21)28-17;1-6(10)9(12)7-4-2-3-5-8(7)11;1-2/h2-9,21H,10-14,26H2,1H3;4-7,15H,8-12H2,1-3H3,(H2,21,23)(H,22,26);2-6H,1H3;1H3/t21-;15-;;/m11../s1. The van der Waals surface area contributed by atoms with Gasteiger partial charge in [-0.3, -0.25) is 9.18 Å². The molecular weight excluding hydrogens is 1070 g/mol. The van der Waals surface area contributed by atoms with Crippen LogP contribution < -0.4 is 26.6 Å². The van der Waals surface area contributed by atoms with Crippen molar-refractivity contribution in [3.05, 3.63) is 141 Å². The summed E-state index contributed by atoms with van der Waals surface area (Å²) in [5.74, 6) is 0.0144. The van der Waals surface area contributed by atoms with Crippen molar-refractivity contribution in [2.45, 2.75) is 95.7 Å². The molecule has 0 bridgehead atoms. The summed E-state index contributed by atoms with van der Waals surface area (Å²) in [5, 5.41) is 19.8. The summed E-state index contributed by atoms with van der Waals surface area (Å²) in [6.07, 6.45) is 5.81. The number of benzene rings is 4. The zero-order chi connectivity index (χ0) is 52.2. The van der Waals surface area contributed by atoms with Gasteiger partial charge in [0.05, 0.1) is 39.5 Å². The maximum absolute atomic E-state index is 12.6. The summed E-state index contributed by atoms with van der Waals surface area (Å²) in [7, 11) is 0.500. The molecule has 0 saturated carbocycles. The van der Waals surface area contributed by atoms with Gasteiger partial charge in [-0.25, -0.2) is 14.3 Å². The van der Waals surface area contributed by atoms with Crippen LogP contribution in [-0.4, -0.2) is 80.5 Å². The number of nitrogens with one attached hydrogen (secondary N) is 1. The van der Waals surface area contributed by atoms with Gasteiger partial charge in [-0.2, -0.15) is 0 Å². The lowest BCUT2D eigenvalue weighted by Gasteiger charge is -2.43. The Bertz CT molecular complexity index is 3050. The van der Waals surface area contributed by atoms with Gasteiger partial charge in [0.25, 0.3) is 0 Å². The molecule has 7 aromatic rings. The number of aryl methyl sites for hydroxylation is 1. The Hall–Kier alpha value is -5.17. The highest BCUT2D eigenvalue weighted by Gasteiger charge is 2.49. The second-order valence-electron chi connectivity index (χ2n) is 20.0. The Kier molecular flexibility index (Phi) is 16.9. The van der Waals surface area contributed by atoms with Crippen molar-refractivity contribution in [1.29, 1.82) is 0 Å². The number of amides is 1. The average molecular weight is 1130 g/mol. The molecule has 11 rings (SSSR count). The lowest BCUT2D eigenvalue weighted by Crippen LogP contribution is -2.47. The lowest BCUT2D eigenvalue weighted by molar-refractivity contribution is 0.0428. The molecule has 0 radical (unpaired) electrons. The third-order valence-electron chi connectivity index (χ3n) is 14.3. The first-order chi connectivity index (χ1) is 34.9. The Morgan fingerprint density at radius 2 is 1.34 bits per heavy atom. The minimum atomic E-state index is -0.517. The van der Waals surface area contributed by atoms with Gasteiger partial charge in [0.1, 0.15) is 5.60 Å². The molecule has 2 fully saturated rings. The third-order valence-corrected chi connectivity index (χ3v) is 17.2. The number of aromatic nitrogens is 5. The molecule has 3 atom stereocenters. The number of ether oxygens (including phenoxy) is 1. The van der Waals surface area contributed by atoms with E-state index in [9.17, 15) is 14.0 Å². The van der Waals surface area contributed by atoms with E-state index in [-0.39, 0.29) is 39.6 Å². The van der Waals surface area contributed by atoms with Crippen molar-refractivity contribution >= 4 is 94.0 Å². The zero-order valence-electron chi connectivity index (χ0n) is 41.9. The molecule has 3 aromatic heterocycles. The number of alkyl halides is 2. The normalized spacial score (nSPS) is 18.6. The number of nitrogens with zero attached hydrogens (tertiary/aromatic N) is 7. The summed E-state index contributed by atoms with van der Waals surface area (Å²) >= 11 is 18.5. The number of Topliss-reactive ketones (excluding diaryl/α,β-unsaturated/α-hetero) is 1. The van der Waals surface area contributed by atoms with E-state index in [1.807, 2.05) is 55.6 Å². The fraction of sp³-hybridized carbons (Fsp3) is 0.407. The highest BCUT2D eigenvalue weighted by Crippen LogP contribution is 2.53. The summed E-state index contributed by atoms with van der Waals surface area (Å²) in [5.41, 5.74) is 20.9. The van der Waals surface area contributed by atoms with Crippen LogP contribution in [-0.2, 0) is 17.6 Å². The third kappa shape index (κ3) is 11.7. The number of anilines is 3. The number of carbonyl (C=O) groups excluding carboxylic acids is 2. The van der Waals surface area contributed by atoms with E-state index in [4.69, 9.17) is 49.5 Å². The Balaban J connectivity index is 0.000000156. The second kappa shape index (κ2) is 22.7. The van der Waals surface area contributed by atoms with Gasteiger partial charge in [0, 0.05) is 48.8 Å². The van der Waals surface area contributed by atoms with Crippen molar-refractivity contribution < 1.29 is 18.7 Å². The Morgan fingerprint density at radius 1 is 0.795 bits per heavy atom. The van der Waals surface area contributed by atoms with Crippen LogP contribution in [0.1, 0.15) is 104 Å². The van der Waals surface area contributed by atoms with Gasteiger partial charge in [-0.05, 0) is 119 Å². The number of carbonyl (C=O) groups is 2. The number of halogens is 4. The number of nitrogen functional groups attached to an aromatic ring is 1. The minimum Gasteiger partial charge on any atom is -0.444 e. The summed E-state index contributed by atoms with van der Waals surface area (Å²) in [6.45, 7) is 13.2. The van der Waals surface area contributed by atoms with Gasteiger partial charge < -0.3 is 31.3 Å². The van der Waals surface area contributed by atoms with E-state index in [0.29, 0.717) is 27.9 Å². The molecule has 13 nitrogen and oxygen atoms in total.